The van der Waals surface area contributed by atoms with E-state index in [0.717, 1.165) is 17.7 Å². The zero-order chi connectivity index (χ0) is 8.77. The molecule has 0 saturated carbocycles. The third-order valence-electron chi connectivity index (χ3n) is 2.32. The topological polar surface area (TPSA) is 30.2 Å². The van der Waals surface area contributed by atoms with Crippen LogP contribution in [-0.4, -0.2) is 5.78 Å². The maximum atomic E-state index is 11.5. The van der Waals surface area contributed by atoms with E-state index < -0.39 is 0 Å². The van der Waals surface area contributed by atoms with Gasteiger partial charge in [-0.15, -0.1) is 0 Å². The minimum absolute atomic E-state index is 0.0714. The smallest absolute Gasteiger partial charge is 0.166 e. The second-order valence-electron chi connectivity index (χ2n) is 4.20. The Kier molecular flexibility index (Phi) is 1.40. The van der Waals surface area contributed by atoms with Crippen LogP contribution in [0.1, 0.15) is 36.4 Å². The van der Waals surface area contributed by atoms with Crippen molar-refractivity contribution in [2.24, 2.45) is 5.41 Å². The molecule has 0 aliphatic heterocycles. The summed E-state index contributed by atoms with van der Waals surface area (Å²) in [7, 11) is 0. The van der Waals surface area contributed by atoms with Crippen LogP contribution in [0.3, 0.4) is 0 Å². The normalized spacial score (nSPS) is 20.7. The van der Waals surface area contributed by atoms with Crippen LogP contribution in [-0.2, 0) is 6.42 Å². The summed E-state index contributed by atoms with van der Waals surface area (Å²) in [4.78, 5) is 11.5. The lowest BCUT2D eigenvalue weighted by Gasteiger charge is -2.26. The Labute approximate surface area is 71.6 Å². The summed E-state index contributed by atoms with van der Waals surface area (Å²) in [6, 6.07) is 1.77. The SMILES string of the molecule is CC1(C)CC(=O)c2ccoc2C1. The number of furan rings is 1. The summed E-state index contributed by atoms with van der Waals surface area (Å²) in [5.41, 5.74) is 0.858. The van der Waals surface area contributed by atoms with Gasteiger partial charge in [-0.3, -0.25) is 4.79 Å². The molecule has 0 atom stereocenters. The molecule has 0 N–H and O–H groups in total. The summed E-state index contributed by atoms with van der Waals surface area (Å²) in [6.45, 7) is 4.19. The highest BCUT2D eigenvalue weighted by atomic mass is 16.3. The molecule has 1 aliphatic rings. The molecule has 2 nitrogen and oxygen atoms in total. The van der Waals surface area contributed by atoms with E-state index in [-0.39, 0.29) is 11.2 Å². The van der Waals surface area contributed by atoms with Gasteiger partial charge in [0.2, 0.25) is 0 Å². The van der Waals surface area contributed by atoms with E-state index in [1.54, 1.807) is 12.3 Å². The first kappa shape index (κ1) is 7.59. The van der Waals surface area contributed by atoms with Gasteiger partial charge in [0, 0.05) is 12.8 Å². The highest BCUT2D eigenvalue weighted by Gasteiger charge is 2.32. The largest absolute Gasteiger partial charge is 0.469 e. The fourth-order valence-corrected chi connectivity index (χ4v) is 1.75. The van der Waals surface area contributed by atoms with Gasteiger partial charge in [0.25, 0.3) is 0 Å². The Balaban J connectivity index is 2.45. The van der Waals surface area contributed by atoms with Gasteiger partial charge in [0.1, 0.15) is 5.76 Å². The first-order valence-electron chi connectivity index (χ1n) is 4.18. The van der Waals surface area contributed by atoms with E-state index in [1.807, 2.05) is 0 Å². The Morgan fingerprint density at radius 1 is 1.42 bits per heavy atom. The van der Waals surface area contributed by atoms with Crippen molar-refractivity contribution in [2.45, 2.75) is 26.7 Å². The standard InChI is InChI=1S/C10H12O2/c1-10(2)5-8(11)7-3-4-12-9(7)6-10/h3-4H,5-6H2,1-2H3. The average Bonchev–Trinajstić information content (AvgIpc) is 2.31. The van der Waals surface area contributed by atoms with Crippen LogP contribution in [0.4, 0.5) is 0 Å². The molecule has 0 saturated heterocycles. The molecule has 2 rings (SSSR count). The molecule has 1 aromatic heterocycles. The molecule has 0 bridgehead atoms. The highest BCUT2D eigenvalue weighted by molar-refractivity contribution is 5.98. The van der Waals surface area contributed by atoms with Crippen molar-refractivity contribution in [1.82, 2.24) is 0 Å². The fraction of sp³-hybridized carbons (Fsp3) is 0.500. The van der Waals surface area contributed by atoms with Crippen molar-refractivity contribution >= 4 is 5.78 Å². The molecular weight excluding hydrogens is 152 g/mol. The zero-order valence-corrected chi connectivity index (χ0v) is 7.39. The predicted molar refractivity (Wildman–Crippen MR) is 45.1 cm³/mol. The number of hydrogen-bond acceptors (Lipinski definition) is 2. The van der Waals surface area contributed by atoms with Gasteiger partial charge >= 0.3 is 0 Å². The van der Waals surface area contributed by atoms with Crippen molar-refractivity contribution in [3.63, 3.8) is 0 Å². The second-order valence-corrected chi connectivity index (χ2v) is 4.20. The van der Waals surface area contributed by atoms with E-state index in [2.05, 4.69) is 13.8 Å². The lowest BCUT2D eigenvalue weighted by Crippen LogP contribution is -2.25. The zero-order valence-electron chi connectivity index (χ0n) is 7.39. The minimum Gasteiger partial charge on any atom is -0.469 e. The number of carbonyl (C=O) groups excluding carboxylic acids is 1. The first-order chi connectivity index (χ1) is 5.58. The molecule has 0 amide bonds. The fourth-order valence-electron chi connectivity index (χ4n) is 1.75. The van der Waals surface area contributed by atoms with Crippen LogP contribution in [0.5, 0.6) is 0 Å². The van der Waals surface area contributed by atoms with E-state index in [1.165, 1.54) is 0 Å². The summed E-state index contributed by atoms with van der Waals surface area (Å²) < 4.78 is 5.24. The number of Topliss-reactive ketones (excluding diaryl/α,β-unsaturated/α-hetero) is 1. The monoisotopic (exact) mass is 164 g/mol. The van der Waals surface area contributed by atoms with Crippen LogP contribution in [0, 0.1) is 5.41 Å². The van der Waals surface area contributed by atoms with E-state index in [4.69, 9.17) is 4.42 Å². The predicted octanol–water partition coefficient (Wildman–Crippen LogP) is 2.43. The van der Waals surface area contributed by atoms with Gasteiger partial charge in [-0.2, -0.15) is 0 Å². The van der Waals surface area contributed by atoms with Crippen LogP contribution in [0.25, 0.3) is 0 Å². The van der Waals surface area contributed by atoms with Crippen LogP contribution in [0.2, 0.25) is 0 Å². The van der Waals surface area contributed by atoms with E-state index in [0.29, 0.717) is 6.42 Å². The van der Waals surface area contributed by atoms with Gasteiger partial charge in [-0.1, -0.05) is 13.8 Å². The lowest BCUT2D eigenvalue weighted by molar-refractivity contribution is 0.0904. The van der Waals surface area contributed by atoms with Gasteiger partial charge in [-0.25, -0.2) is 0 Å². The molecule has 0 fully saturated rings. The maximum Gasteiger partial charge on any atom is 0.166 e. The van der Waals surface area contributed by atoms with Gasteiger partial charge in [0.15, 0.2) is 5.78 Å². The van der Waals surface area contributed by atoms with Crippen LogP contribution in [0.15, 0.2) is 16.7 Å². The second kappa shape index (κ2) is 2.22. The molecule has 64 valence electrons. The molecule has 0 aromatic carbocycles. The third-order valence-corrected chi connectivity index (χ3v) is 2.32. The molecule has 1 aromatic rings. The average molecular weight is 164 g/mol. The van der Waals surface area contributed by atoms with Crippen molar-refractivity contribution in [3.8, 4) is 0 Å². The van der Waals surface area contributed by atoms with Gasteiger partial charge in [-0.05, 0) is 11.5 Å². The molecule has 2 heteroatoms. The van der Waals surface area contributed by atoms with Crippen molar-refractivity contribution in [2.75, 3.05) is 0 Å². The van der Waals surface area contributed by atoms with Gasteiger partial charge < -0.3 is 4.42 Å². The highest BCUT2D eigenvalue weighted by Crippen LogP contribution is 2.34. The Morgan fingerprint density at radius 2 is 2.17 bits per heavy atom. The van der Waals surface area contributed by atoms with E-state index in [9.17, 15) is 4.79 Å². The number of carbonyl (C=O) groups is 1. The minimum atomic E-state index is 0.0714. The van der Waals surface area contributed by atoms with Gasteiger partial charge in [0.05, 0.1) is 11.8 Å². The summed E-state index contributed by atoms with van der Waals surface area (Å²) in [5.74, 6) is 1.08. The number of hydrogen-bond donors (Lipinski definition) is 0. The molecule has 0 spiro atoms. The lowest BCUT2D eigenvalue weighted by atomic mass is 9.77. The Morgan fingerprint density at radius 3 is 2.92 bits per heavy atom. The Hall–Kier alpha value is -1.05. The number of ketones is 1. The van der Waals surface area contributed by atoms with Crippen molar-refractivity contribution < 1.29 is 9.21 Å². The maximum absolute atomic E-state index is 11.5. The van der Waals surface area contributed by atoms with Crippen molar-refractivity contribution in [3.05, 3.63) is 23.7 Å². The molecule has 0 radical (unpaired) electrons. The molecule has 12 heavy (non-hydrogen) atoms. The van der Waals surface area contributed by atoms with Crippen LogP contribution < -0.4 is 0 Å². The van der Waals surface area contributed by atoms with Crippen LogP contribution >= 0.6 is 0 Å². The molecule has 1 aliphatic carbocycles. The quantitative estimate of drug-likeness (QED) is 0.589. The summed E-state index contributed by atoms with van der Waals surface area (Å²) in [6.07, 6.45) is 3.12. The summed E-state index contributed by atoms with van der Waals surface area (Å²) >= 11 is 0. The Bertz CT molecular complexity index is 320. The molecule has 1 heterocycles. The third kappa shape index (κ3) is 1.07. The first-order valence-corrected chi connectivity index (χ1v) is 4.18. The van der Waals surface area contributed by atoms with Crippen molar-refractivity contribution in [1.29, 1.82) is 0 Å². The number of rotatable bonds is 0. The molecule has 0 unspecified atom stereocenters. The van der Waals surface area contributed by atoms with E-state index >= 15 is 0 Å². The molecular formula is C10H12O2. The summed E-state index contributed by atoms with van der Waals surface area (Å²) in [5, 5.41) is 0. The number of fused-ring (bicyclic) bond motifs is 1.